The Morgan fingerprint density at radius 3 is 0.533 bits per heavy atom. The average molecular weight is 1610 g/mol. The van der Waals surface area contributed by atoms with Gasteiger partial charge in [0.1, 0.15) is 0 Å². The van der Waals surface area contributed by atoms with Gasteiger partial charge in [-0.05, 0) is 0 Å². The second-order valence-corrected chi connectivity index (χ2v) is 33.4. The molecule has 0 amide bonds. The fourth-order valence-corrected chi connectivity index (χ4v) is 12.3. The maximum atomic E-state index is 12.5. The molecule has 0 unspecified atom stereocenters. The molecule has 6 nitrogen and oxygen atoms in total. The molecule has 0 saturated carbocycles. The summed E-state index contributed by atoms with van der Waals surface area (Å²) in [6, 6.07) is 17.7. The fraction of sp³-hybridized carbons (Fsp3) is 0.625. The zero-order chi connectivity index (χ0) is 56.5. The van der Waals surface area contributed by atoms with Gasteiger partial charge in [0.25, 0.3) is 0 Å². The monoisotopic (exact) mass is 1610 g/mol. The van der Waals surface area contributed by atoms with Gasteiger partial charge in [-0.1, -0.05) is 0 Å². The molecule has 75 heavy (non-hydrogen) atoms. The third-order valence-electron chi connectivity index (χ3n) is 14.5. The minimum Gasteiger partial charge on any atom is 2.00 e. The van der Waals surface area contributed by atoms with Crippen molar-refractivity contribution in [2.24, 2.45) is 0 Å². The van der Waals surface area contributed by atoms with Gasteiger partial charge in [-0.3, -0.25) is 0 Å². The molecule has 0 aliphatic rings. The molecule has 432 valence electrons. The minimum atomic E-state index is -5.15. The van der Waals surface area contributed by atoms with E-state index in [9.17, 15) is 29.4 Å². The summed E-state index contributed by atoms with van der Waals surface area (Å²) in [6.07, 6.45) is -0.796. The molecule has 0 N–H and O–H groups in total. The summed E-state index contributed by atoms with van der Waals surface area (Å²) in [4.78, 5) is 74.9. The van der Waals surface area contributed by atoms with E-state index in [4.69, 9.17) is 0 Å². The Hall–Kier alpha value is -0.435. The van der Waals surface area contributed by atoms with Gasteiger partial charge in [-0.25, -0.2) is 0 Å². The average Bonchev–Trinajstić information content (AvgIpc) is 3.11. The third-order valence-corrected chi connectivity index (χ3v) is 16.4. The summed E-state index contributed by atoms with van der Waals surface area (Å²) in [6.45, 7) is 60.7. The maximum absolute atomic E-state index is 12.5. The van der Waals surface area contributed by atoms with Crippen LogP contribution in [0.25, 0.3) is 0 Å². The zero-order valence-electron chi connectivity index (χ0n) is 51.6. The molecule has 11 heteroatoms. The predicted molar refractivity (Wildman–Crippen MR) is 304 cm³/mol. The number of hydrogen-bond acceptors (Lipinski definition) is 6. The largest absolute Gasteiger partial charge is 2.00 e. The van der Waals surface area contributed by atoms with Gasteiger partial charge in [0, 0.05) is 0 Å². The smallest absolute Gasteiger partial charge is 2.00 e. The summed E-state index contributed by atoms with van der Waals surface area (Å²) in [5.74, 6) is -1.04. The van der Waals surface area contributed by atoms with Crippen molar-refractivity contribution in [3.63, 3.8) is 0 Å². The fourth-order valence-electron chi connectivity index (χ4n) is 10.5. The molecule has 0 aliphatic heterocycles. The van der Waals surface area contributed by atoms with E-state index >= 15 is 0 Å². The van der Waals surface area contributed by atoms with Crippen LogP contribution in [0.2, 0.25) is 0 Å². The van der Waals surface area contributed by atoms with Crippen molar-refractivity contribution in [2.75, 3.05) is 12.3 Å². The molecule has 0 aromatic heterocycles. The first kappa shape index (κ1) is 74.6. The zero-order valence-corrected chi connectivity index (χ0v) is 60.4. The number of hydrogen-bond donors (Lipinski definition) is 0. The van der Waals surface area contributed by atoms with Gasteiger partial charge in [0.2, 0.25) is 0 Å². The van der Waals surface area contributed by atoms with E-state index in [0.29, 0.717) is 0 Å². The Labute approximate surface area is 503 Å². The van der Waals surface area contributed by atoms with Crippen molar-refractivity contribution in [2.45, 2.75) is 249 Å². The van der Waals surface area contributed by atoms with E-state index in [-0.39, 0.29) is 107 Å². The summed E-state index contributed by atoms with van der Waals surface area (Å²) < 4.78 is 0. The van der Waals surface area contributed by atoms with Crippen LogP contribution in [0.4, 0.5) is 0 Å². The molecule has 0 fully saturated rings. The van der Waals surface area contributed by atoms with Crippen molar-refractivity contribution in [3.05, 3.63) is 138 Å². The molecule has 4 aromatic rings. The summed E-state index contributed by atoms with van der Waals surface area (Å²) in [5, 5.41) is 0. The third kappa shape index (κ3) is 19.9. The number of rotatable bonds is 8. The van der Waals surface area contributed by atoms with Gasteiger partial charge < -0.3 is 0 Å². The van der Waals surface area contributed by atoms with Gasteiger partial charge in [0.05, 0.1) is 0 Å². The van der Waals surface area contributed by atoms with E-state index < -0.39 is 40.0 Å². The van der Waals surface area contributed by atoms with E-state index in [1.54, 1.807) is 0 Å². The van der Waals surface area contributed by atoms with Crippen LogP contribution in [0.1, 0.15) is 267 Å². The molecule has 0 aliphatic carbocycles. The van der Waals surface area contributed by atoms with Gasteiger partial charge in [-0.15, -0.1) is 0 Å². The molecule has 4 rings (SSSR count). The Bertz CT molecular complexity index is 2220. The van der Waals surface area contributed by atoms with Crippen molar-refractivity contribution < 1.29 is 92.6 Å². The number of aryl methyl sites for hydroxylation is 4. The van der Waals surface area contributed by atoms with Crippen LogP contribution in [0.5, 0.6) is 0 Å². The second kappa shape index (κ2) is 25.4. The van der Waals surface area contributed by atoms with Gasteiger partial charge >= 0.3 is 507 Å². The molecular formula is C64H100O6P2Pt3. The van der Waals surface area contributed by atoms with Gasteiger partial charge in [0.15, 0.2) is 0 Å². The van der Waals surface area contributed by atoms with Crippen molar-refractivity contribution in [1.29, 1.82) is 0 Å². The minimum absolute atomic E-state index is 0. The summed E-state index contributed by atoms with van der Waals surface area (Å²) in [5.41, 5.74) is 16.5. The van der Waals surface area contributed by atoms with Crippen LogP contribution in [0.15, 0.2) is 48.5 Å². The SMILES string of the molecule is Cc1cc(C(C)(C)C)cc(C(C)(C)C)c1C(C[PH]([O-])([O-])[O-])c1c(C)cc(C(C)(C)C)cc1C(C)(C)C.Cc1cc(C(C)(C)C)cc(C(C)(C)C)c1C(C[PH]([O-])([O-])[O-])c1c(C)cc(C(C)(C)C)cc1C(C)(C)C.[Pt+2].[Pt+2].[Pt+2]. The first-order valence-corrected chi connectivity index (χ1v) is 30.4. The first-order valence-electron chi connectivity index (χ1n) is 26.5. The van der Waals surface area contributed by atoms with Crippen molar-refractivity contribution in [1.82, 2.24) is 0 Å². The topological polar surface area (TPSA) is 138 Å². The Balaban J connectivity index is 0.00000140. The summed E-state index contributed by atoms with van der Waals surface area (Å²) >= 11 is 0. The molecule has 0 saturated heterocycles. The Morgan fingerprint density at radius 2 is 0.427 bits per heavy atom. The van der Waals surface area contributed by atoms with Crippen LogP contribution in [-0.2, 0) is 107 Å². The van der Waals surface area contributed by atoms with Crippen LogP contribution < -0.4 is 29.4 Å². The second-order valence-electron chi connectivity index (χ2n) is 29.9. The van der Waals surface area contributed by atoms with Crippen LogP contribution in [0.3, 0.4) is 0 Å². The van der Waals surface area contributed by atoms with E-state index in [0.717, 1.165) is 66.8 Å². The molecule has 0 spiro atoms. The number of benzene rings is 4. The van der Waals surface area contributed by atoms with E-state index in [1.165, 1.54) is 22.3 Å². The molecular weight excluding hydrogens is 1510 g/mol. The van der Waals surface area contributed by atoms with Crippen LogP contribution in [0, 0.1) is 27.7 Å². The molecule has 0 bridgehead atoms. The quantitative estimate of drug-likeness (QED) is 0.161. The Morgan fingerprint density at radius 1 is 0.280 bits per heavy atom. The van der Waals surface area contributed by atoms with Crippen LogP contribution >= 0.6 is 15.9 Å². The standard InChI is InChI=1S/2C32H50O3P.3Pt/c2*1-20-15-22(29(3,4)5)17-25(31(9,10)11)27(20)24(19-36(33,34)35)28-21(2)16-23(30(6,7)8)18-26(28)32(12,13)14;;;/h2*15-18,24,36H,19H2,1-14H3;;;/q2*-3;3*+2. The molecule has 0 radical (unpaired) electrons. The van der Waals surface area contributed by atoms with Gasteiger partial charge in [-0.2, -0.15) is 0 Å². The predicted octanol–water partition coefficient (Wildman–Crippen LogP) is 12.4. The van der Waals surface area contributed by atoms with E-state index in [1.807, 2.05) is 0 Å². The van der Waals surface area contributed by atoms with Crippen molar-refractivity contribution >= 4 is 15.9 Å². The molecule has 0 heterocycles. The first-order chi connectivity index (χ1) is 31.7. The Kier molecular flexibility index (Phi) is 25.2. The maximum Gasteiger partial charge on any atom is 2.00 e. The van der Waals surface area contributed by atoms with E-state index in [2.05, 4.69) is 242 Å². The molecule has 4 aromatic carbocycles. The summed E-state index contributed by atoms with van der Waals surface area (Å²) in [7, 11) is -10.3. The van der Waals surface area contributed by atoms with Crippen LogP contribution in [-0.4, -0.2) is 12.3 Å². The molecule has 0 atom stereocenters. The normalized spacial score (nSPS) is 13.9. The van der Waals surface area contributed by atoms with Crippen molar-refractivity contribution in [3.8, 4) is 0 Å².